The summed E-state index contributed by atoms with van der Waals surface area (Å²) < 4.78 is 21.4. The largest absolute Gasteiger partial charge is 0.497 e. The third kappa shape index (κ3) is 4.49. The Labute approximate surface area is 181 Å². The summed E-state index contributed by atoms with van der Waals surface area (Å²) in [5, 5.41) is 0.422. The van der Waals surface area contributed by atoms with Crippen molar-refractivity contribution in [3.05, 3.63) is 52.6 Å². The topological polar surface area (TPSA) is 57.2 Å². The first kappa shape index (κ1) is 21.8. The van der Waals surface area contributed by atoms with Crippen LogP contribution in [0.4, 0.5) is 0 Å². The number of rotatable bonds is 7. The Kier molecular flexibility index (Phi) is 7.11. The number of carbonyl (C=O) groups is 1. The number of halogens is 1. The molecule has 3 rings (SSSR count). The highest BCUT2D eigenvalue weighted by Gasteiger charge is 2.31. The Balaban J connectivity index is 1.82. The number of methoxy groups -OCH3 is 4. The molecule has 1 aliphatic rings. The van der Waals surface area contributed by atoms with Gasteiger partial charge in [-0.25, -0.2) is 0 Å². The minimum atomic E-state index is -0.0683. The van der Waals surface area contributed by atoms with Gasteiger partial charge in [0.05, 0.1) is 39.5 Å². The number of hydrogen-bond donors (Lipinski definition) is 0. The molecule has 0 spiro atoms. The molecule has 6 nitrogen and oxygen atoms in total. The molecule has 2 aromatic carbocycles. The van der Waals surface area contributed by atoms with Crippen LogP contribution < -0.4 is 18.9 Å². The first-order valence-electron chi connectivity index (χ1n) is 9.64. The third-order valence-electron chi connectivity index (χ3n) is 5.21. The normalized spacial score (nSPS) is 16.0. The van der Waals surface area contributed by atoms with Gasteiger partial charge in [-0.1, -0.05) is 11.6 Å². The molecule has 0 saturated carbocycles. The molecule has 30 heavy (non-hydrogen) atoms. The number of benzene rings is 2. The van der Waals surface area contributed by atoms with Gasteiger partial charge in [0.2, 0.25) is 5.91 Å². The maximum atomic E-state index is 13.0. The number of amides is 1. The van der Waals surface area contributed by atoms with Crippen molar-refractivity contribution >= 4 is 23.6 Å². The second-order valence-electron chi connectivity index (χ2n) is 6.87. The highest BCUT2D eigenvalue weighted by molar-refractivity contribution is 6.32. The summed E-state index contributed by atoms with van der Waals surface area (Å²) in [6, 6.07) is 9.17. The molecular weight excluding hydrogens is 406 g/mol. The van der Waals surface area contributed by atoms with Gasteiger partial charge in [0, 0.05) is 24.3 Å². The van der Waals surface area contributed by atoms with Crippen molar-refractivity contribution in [1.29, 1.82) is 0 Å². The van der Waals surface area contributed by atoms with E-state index in [9.17, 15) is 4.79 Å². The van der Waals surface area contributed by atoms with E-state index in [0.717, 1.165) is 35.5 Å². The zero-order valence-corrected chi connectivity index (χ0v) is 18.4. The molecular formula is C23H26ClNO5. The van der Waals surface area contributed by atoms with Gasteiger partial charge in [0.25, 0.3) is 0 Å². The molecule has 160 valence electrons. The maximum Gasteiger partial charge on any atom is 0.247 e. The zero-order valence-electron chi connectivity index (χ0n) is 17.6. The number of carbonyl (C=O) groups excluding carboxylic acids is 1. The van der Waals surface area contributed by atoms with Crippen LogP contribution in [-0.2, 0) is 4.79 Å². The Hall–Kier alpha value is -2.86. The molecule has 7 heteroatoms. The lowest BCUT2D eigenvalue weighted by Crippen LogP contribution is -2.29. The second-order valence-corrected chi connectivity index (χ2v) is 7.28. The molecule has 0 aliphatic carbocycles. The van der Waals surface area contributed by atoms with Gasteiger partial charge in [-0.15, -0.1) is 0 Å². The number of ether oxygens (including phenoxy) is 4. The lowest BCUT2D eigenvalue weighted by atomic mass is 10.0. The Morgan fingerprint density at radius 3 is 2.47 bits per heavy atom. The first-order chi connectivity index (χ1) is 14.5. The van der Waals surface area contributed by atoms with E-state index in [-0.39, 0.29) is 11.9 Å². The summed E-state index contributed by atoms with van der Waals surface area (Å²) >= 11 is 6.26. The summed E-state index contributed by atoms with van der Waals surface area (Å²) in [5.41, 5.74) is 1.73. The molecule has 2 aromatic rings. The standard InChI is InChI=1S/C23H26ClNO5/c1-27-16-8-9-17(20(14-16)28-2)19-6-5-11-25(19)22(26)10-7-15-12-18(24)23(30-4)21(13-15)29-3/h7-10,12-14,19H,5-6,11H2,1-4H3/b10-7+/t19-/m0/s1. The van der Waals surface area contributed by atoms with Gasteiger partial charge in [0.1, 0.15) is 11.5 Å². The Morgan fingerprint density at radius 2 is 1.80 bits per heavy atom. The van der Waals surface area contributed by atoms with Crippen molar-refractivity contribution in [2.45, 2.75) is 18.9 Å². The molecule has 1 fully saturated rings. The van der Waals surface area contributed by atoms with Crippen LogP contribution in [-0.4, -0.2) is 45.8 Å². The highest BCUT2D eigenvalue weighted by atomic mass is 35.5. The fourth-order valence-electron chi connectivity index (χ4n) is 3.74. The lowest BCUT2D eigenvalue weighted by molar-refractivity contribution is -0.126. The Bertz CT molecular complexity index is 943. The maximum absolute atomic E-state index is 13.0. The van der Waals surface area contributed by atoms with Gasteiger partial charge < -0.3 is 23.8 Å². The number of likely N-dealkylation sites (tertiary alicyclic amines) is 1. The van der Waals surface area contributed by atoms with Gasteiger partial charge in [-0.05, 0) is 48.7 Å². The van der Waals surface area contributed by atoms with E-state index >= 15 is 0 Å². The van der Waals surface area contributed by atoms with E-state index in [1.165, 1.54) is 7.11 Å². The van der Waals surface area contributed by atoms with Crippen molar-refractivity contribution in [3.63, 3.8) is 0 Å². The van der Waals surface area contributed by atoms with Crippen molar-refractivity contribution in [2.24, 2.45) is 0 Å². The van der Waals surface area contributed by atoms with Crippen LogP contribution in [0.15, 0.2) is 36.4 Å². The fraction of sp³-hybridized carbons (Fsp3) is 0.348. The predicted octanol–water partition coefficient (Wildman–Crippen LogP) is 4.75. The van der Waals surface area contributed by atoms with E-state index in [4.69, 9.17) is 30.5 Å². The second kappa shape index (κ2) is 9.76. The van der Waals surface area contributed by atoms with Gasteiger partial charge in [0.15, 0.2) is 11.5 Å². The van der Waals surface area contributed by atoms with Crippen LogP contribution >= 0.6 is 11.6 Å². The van der Waals surface area contributed by atoms with Crippen molar-refractivity contribution in [1.82, 2.24) is 4.90 Å². The minimum absolute atomic E-state index is 0.0444. The van der Waals surface area contributed by atoms with Crippen LogP contribution in [0, 0.1) is 0 Å². The van der Waals surface area contributed by atoms with Crippen LogP contribution in [0.2, 0.25) is 5.02 Å². The third-order valence-corrected chi connectivity index (χ3v) is 5.49. The summed E-state index contributed by atoms with van der Waals surface area (Å²) in [6.45, 7) is 0.690. The summed E-state index contributed by atoms with van der Waals surface area (Å²) in [6.07, 6.45) is 5.11. The van der Waals surface area contributed by atoms with Gasteiger partial charge in [-0.3, -0.25) is 4.79 Å². The van der Waals surface area contributed by atoms with Crippen LogP contribution in [0.25, 0.3) is 6.08 Å². The molecule has 1 amide bonds. The molecule has 0 aromatic heterocycles. The highest BCUT2D eigenvalue weighted by Crippen LogP contribution is 2.39. The van der Waals surface area contributed by atoms with E-state index in [1.54, 1.807) is 45.6 Å². The quantitative estimate of drug-likeness (QED) is 0.592. The molecule has 1 aliphatic heterocycles. The smallest absolute Gasteiger partial charge is 0.247 e. The molecule has 0 bridgehead atoms. The first-order valence-corrected chi connectivity index (χ1v) is 10.0. The summed E-state index contributed by atoms with van der Waals surface area (Å²) in [5.74, 6) is 2.35. The molecule has 0 unspecified atom stereocenters. The monoisotopic (exact) mass is 431 g/mol. The SMILES string of the molecule is COc1ccc([C@@H]2CCCN2C(=O)/C=C/c2cc(Cl)c(OC)c(OC)c2)c(OC)c1. The molecule has 1 heterocycles. The fourth-order valence-corrected chi connectivity index (χ4v) is 4.04. The summed E-state index contributed by atoms with van der Waals surface area (Å²) in [7, 11) is 6.32. The van der Waals surface area contributed by atoms with E-state index in [2.05, 4.69) is 0 Å². The molecule has 0 N–H and O–H groups in total. The summed E-state index contributed by atoms with van der Waals surface area (Å²) in [4.78, 5) is 14.8. The van der Waals surface area contributed by atoms with E-state index < -0.39 is 0 Å². The Morgan fingerprint density at radius 1 is 1.03 bits per heavy atom. The molecule has 1 saturated heterocycles. The zero-order chi connectivity index (χ0) is 21.7. The van der Waals surface area contributed by atoms with Crippen LogP contribution in [0.1, 0.15) is 30.0 Å². The van der Waals surface area contributed by atoms with E-state index in [0.29, 0.717) is 23.1 Å². The molecule has 1 atom stereocenters. The van der Waals surface area contributed by atoms with Crippen LogP contribution in [0.3, 0.4) is 0 Å². The van der Waals surface area contributed by atoms with Crippen molar-refractivity contribution < 1.29 is 23.7 Å². The number of hydrogen-bond acceptors (Lipinski definition) is 5. The predicted molar refractivity (Wildman–Crippen MR) is 117 cm³/mol. The lowest BCUT2D eigenvalue weighted by Gasteiger charge is -2.25. The van der Waals surface area contributed by atoms with E-state index in [1.807, 2.05) is 23.1 Å². The van der Waals surface area contributed by atoms with Gasteiger partial charge >= 0.3 is 0 Å². The van der Waals surface area contributed by atoms with Gasteiger partial charge in [-0.2, -0.15) is 0 Å². The average molecular weight is 432 g/mol. The van der Waals surface area contributed by atoms with Crippen molar-refractivity contribution in [3.8, 4) is 23.0 Å². The minimum Gasteiger partial charge on any atom is -0.497 e. The number of nitrogens with zero attached hydrogens (tertiary/aromatic N) is 1. The molecule has 0 radical (unpaired) electrons. The van der Waals surface area contributed by atoms with Crippen LogP contribution in [0.5, 0.6) is 23.0 Å². The van der Waals surface area contributed by atoms with Crippen molar-refractivity contribution in [2.75, 3.05) is 35.0 Å². The average Bonchev–Trinajstić information content (AvgIpc) is 3.26.